The monoisotopic (exact) mass is 768 g/mol. The molecule has 12 heteroatoms. The lowest BCUT2D eigenvalue weighted by Gasteiger charge is -2.40. The zero-order valence-electron chi connectivity index (χ0n) is 29.5. The number of unbranched alkanes of at least 4 members (excludes halogenated alkanes) is 1. The predicted octanol–water partition coefficient (Wildman–Crippen LogP) is 12.1. The van der Waals surface area contributed by atoms with Gasteiger partial charge in [0.15, 0.2) is 0 Å². The van der Waals surface area contributed by atoms with E-state index in [1.54, 1.807) is 0 Å². The van der Waals surface area contributed by atoms with Crippen molar-refractivity contribution in [3.8, 4) is 5.75 Å². The summed E-state index contributed by atoms with van der Waals surface area (Å²) in [6.45, 7) is 0.135. The standard InChI is InChI=1S/C43H37F5N4O2S/c44-55(45,46,47,48)41-27-22-34(23-28-41)24-29-42-49-39(32-54-42)31-53-40-25-20-33(21-26-40)12-10-11-19-38-30-52(51-50-38)43(35-13-4-1-5-14-35,36-15-6-2-7-16-36)37-17-8-3-9-18-37/h1-9,13-18,20-30,32H,10-12,19,31H2/b29-24+. The number of halogens is 5. The third-order valence-electron chi connectivity index (χ3n) is 9.23. The molecule has 7 aromatic rings. The number of nitrogens with zero attached hydrogens (tertiary/aromatic N) is 4. The molecule has 0 aliphatic heterocycles. The Balaban J connectivity index is 0.923. The van der Waals surface area contributed by atoms with Crippen LogP contribution in [0.2, 0.25) is 0 Å². The first-order valence-electron chi connectivity index (χ1n) is 17.6. The molecule has 0 fully saturated rings. The third-order valence-corrected chi connectivity index (χ3v) is 10.4. The van der Waals surface area contributed by atoms with Crippen LogP contribution in [0.25, 0.3) is 12.2 Å². The normalized spacial score (nSPS) is 13.4. The lowest BCUT2D eigenvalue weighted by molar-refractivity contribution is 0.301. The summed E-state index contributed by atoms with van der Waals surface area (Å²) in [5, 5.41) is 9.35. The molecule has 0 radical (unpaired) electrons. The summed E-state index contributed by atoms with van der Waals surface area (Å²) < 4.78 is 78.0. The average Bonchev–Trinajstić information content (AvgIpc) is 3.86. The Morgan fingerprint density at radius 2 is 1.20 bits per heavy atom. The van der Waals surface area contributed by atoms with E-state index in [0.717, 1.165) is 60.2 Å². The summed E-state index contributed by atoms with van der Waals surface area (Å²) in [5.41, 5.74) is 5.47. The zero-order valence-corrected chi connectivity index (χ0v) is 30.3. The van der Waals surface area contributed by atoms with Gasteiger partial charge in [0.25, 0.3) is 0 Å². The van der Waals surface area contributed by atoms with Crippen molar-refractivity contribution in [1.82, 2.24) is 20.0 Å². The number of benzene rings is 5. The third kappa shape index (κ3) is 8.87. The topological polar surface area (TPSA) is 66.0 Å². The maximum Gasteiger partial charge on any atom is 0.310 e. The van der Waals surface area contributed by atoms with Gasteiger partial charge in [0.05, 0.1) is 11.9 Å². The fraction of sp³-hybridized carbons (Fsp3) is 0.140. The van der Waals surface area contributed by atoms with Gasteiger partial charge in [-0.25, -0.2) is 9.67 Å². The highest BCUT2D eigenvalue weighted by atomic mass is 32.5. The minimum absolute atomic E-state index is 0.135. The van der Waals surface area contributed by atoms with Gasteiger partial charge >= 0.3 is 10.2 Å². The van der Waals surface area contributed by atoms with Crippen LogP contribution in [0.1, 0.15) is 57.9 Å². The van der Waals surface area contributed by atoms with Crippen LogP contribution in [0, 0.1) is 0 Å². The van der Waals surface area contributed by atoms with E-state index in [1.807, 2.05) is 47.1 Å². The van der Waals surface area contributed by atoms with Crippen LogP contribution in [-0.4, -0.2) is 20.0 Å². The number of rotatable bonds is 15. The Bertz CT molecular complexity index is 2250. The summed E-state index contributed by atoms with van der Waals surface area (Å²) >= 11 is 0. The first-order valence-corrected chi connectivity index (χ1v) is 19.6. The van der Waals surface area contributed by atoms with Crippen LogP contribution >= 0.6 is 10.2 Å². The van der Waals surface area contributed by atoms with Gasteiger partial charge in [-0.2, -0.15) is 0 Å². The number of hydrogen-bond acceptors (Lipinski definition) is 5. The van der Waals surface area contributed by atoms with Gasteiger partial charge in [0.2, 0.25) is 5.89 Å². The van der Waals surface area contributed by atoms with E-state index < -0.39 is 20.7 Å². The van der Waals surface area contributed by atoms with Crippen molar-refractivity contribution in [3.63, 3.8) is 0 Å². The van der Waals surface area contributed by atoms with Crippen molar-refractivity contribution >= 4 is 22.4 Å². The highest BCUT2D eigenvalue weighted by molar-refractivity contribution is 8.45. The molecule has 5 aromatic carbocycles. The van der Waals surface area contributed by atoms with E-state index in [0.29, 0.717) is 23.6 Å². The molecule has 7 rings (SSSR count). The van der Waals surface area contributed by atoms with Crippen molar-refractivity contribution in [2.75, 3.05) is 0 Å². The van der Waals surface area contributed by atoms with Crippen LogP contribution < -0.4 is 4.74 Å². The summed E-state index contributed by atoms with van der Waals surface area (Å²) in [7, 11) is -9.71. The minimum Gasteiger partial charge on any atom is -0.487 e. The molecule has 2 aromatic heterocycles. The van der Waals surface area contributed by atoms with Gasteiger partial charge in [0, 0.05) is 6.08 Å². The lowest BCUT2D eigenvalue weighted by atomic mass is 9.77. The molecule has 0 unspecified atom stereocenters. The van der Waals surface area contributed by atoms with Gasteiger partial charge in [0.1, 0.15) is 34.7 Å². The Morgan fingerprint density at radius 3 is 1.76 bits per heavy atom. The smallest absolute Gasteiger partial charge is 0.310 e. The molecular weight excluding hydrogens is 732 g/mol. The predicted molar refractivity (Wildman–Crippen MR) is 205 cm³/mol. The van der Waals surface area contributed by atoms with E-state index in [-0.39, 0.29) is 18.1 Å². The maximum absolute atomic E-state index is 13.0. The lowest BCUT2D eigenvalue weighted by Crippen LogP contribution is -2.38. The molecule has 0 spiro atoms. The van der Waals surface area contributed by atoms with Crippen molar-refractivity contribution in [2.45, 2.75) is 42.7 Å². The number of aromatic nitrogens is 4. The fourth-order valence-electron chi connectivity index (χ4n) is 6.53. The molecule has 2 heterocycles. The Morgan fingerprint density at radius 1 is 0.636 bits per heavy atom. The van der Waals surface area contributed by atoms with Crippen molar-refractivity contribution in [1.29, 1.82) is 0 Å². The molecule has 0 amide bonds. The van der Waals surface area contributed by atoms with E-state index in [1.165, 1.54) is 24.0 Å². The number of aryl methyl sites for hydroxylation is 2. The average molecular weight is 769 g/mol. The van der Waals surface area contributed by atoms with E-state index in [2.05, 4.69) is 89.1 Å². The fourth-order valence-corrected chi connectivity index (χ4v) is 7.18. The summed E-state index contributed by atoms with van der Waals surface area (Å²) in [5.74, 6) is 0.847. The minimum atomic E-state index is -9.71. The molecule has 55 heavy (non-hydrogen) atoms. The first kappa shape index (κ1) is 37.3. The molecule has 0 aliphatic carbocycles. The van der Waals surface area contributed by atoms with Crippen LogP contribution in [0.3, 0.4) is 0 Å². The molecule has 6 nitrogen and oxygen atoms in total. The Kier molecular flexibility index (Phi) is 9.95. The SMILES string of the molecule is FS(F)(F)(F)(F)c1ccc(/C=C/c2nc(COc3ccc(CCCCc4cn(C(c5ccccc5)(c5ccccc5)c5ccccc5)nn4)cc3)co2)cc1. The van der Waals surface area contributed by atoms with Crippen LogP contribution in [0.15, 0.2) is 161 Å². The number of ether oxygens (including phenoxy) is 1. The maximum atomic E-state index is 13.0. The molecule has 0 atom stereocenters. The second-order valence-corrected chi connectivity index (χ2v) is 15.6. The van der Waals surface area contributed by atoms with Crippen molar-refractivity contribution in [3.05, 3.63) is 197 Å². The molecule has 0 bridgehead atoms. The molecule has 0 aliphatic rings. The van der Waals surface area contributed by atoms with E-state index in [4.69, 9.17) is 14.4 Å². The van der Waals surface area contributed by atoms with Crippen LogP contribution in [0.4, 0.5) is 19.4 Å². The van der Waals surface area contributed by atoms with Gasteiger partial charge in [-0.05, 0) is 83.8 Å². The van der Waals surface area contributed by atoms with Gasteiger partial charge in [-0.15, -0.1) is 5.10 Å². The highest BCUT2D eigenvalue weighted by Crippen LogP contribution is 3.02. The molecule has 0 N–H and O–H groups in total. The Hall–Kier alpha value is -6.01. The molecule has 0 saturated carbocycles. The van der Waals surface area contributed by atoms with Crippen LogP contribution in [0.5, 0.6) is 5.75 Å². The summed E-state index contributed by atoms with van der Waals surface area (Å²) in [4.78, 5) is 2.35. The van der Waals surface area contributed by atoms with E-state index in [9.17, 15) is 19.4 Å². The molecule has 0 saturated heterocycles. The first-order chi connectivity index (χ1) is 26.4. The number of hydrogen-bond donors (Lipinski definition) is 0. The molecule has 282 valence electrons. The summed E-state index contributed by atoms with van der Waals surface area (Å²) in [6, 6.07) is 41.7. The van der Waals surface area contributed by atoms with Gasteiger partial charge in [-0.3, -0.25) is 0 Å². The van der Waals surface area contributed by atoms with Crippen molar-refractivity contribution in [2.24, 2.45) is 0 Å². The zero-order chi connectivity index (χ0) is 38.4. The Labute approximate surface area is 315 Å². The molecular formula is C43H37F5N4O2S. The van der Waals surface area contributed by atoms with Crippen LogP contribution in [-0.2, 0) is 25.0 Å². The quantitative estimate of drug-likeness (QED) is 0.0590. The summed E-state index contributed by atoms with van der Waals surface area (Å²) in [6.07, 6.45) is 9.90. The van der Waals surface area contributed by atoms with Gasteiger partial charge in [-0.1, -0.05) is 140 Å². The largest absolute Gasteiger partial charge is 0.487 e. The second-order valence-electron chi connectivity index (χ2n) is 13.2. The van der Waals surface area contributed by atoms with Crippen molar-refractivity contribution < 1.29 is 28.6 Å². The number of oxazole rings is 1. The van der Waals surface area contributed by atoms with E-state index >= 15 is 0 Å². The second kappa shape index (κ2) is 14.7. The van der Waals surface area contributed by atoms with Gasteiger partial charge < -0.3 is 9.15 Å². The highest BCUT2D eigenvalue weighted by Gasteiger charge is 2.65.